The van der Waals surface area contributed by atoms with Crippen molar-refractivity contribution < 1.29 is 4.79 Å². The highest BCUT2D eigenvalue weighted by Gasteiger charge is 2.07. The Morgan fingerprint density at radius 3 is 2.50 bits per heavy atom. The molecule has 0 saturated heterocycles. The van der Waals surface area contributed by atoms with Crippen LogP contribution < -0.4 is 10.6 Å². The highest BCUT2D eigenvalue weighted by Crippen LogP contribution is 2.29. The average Bonchev–Trinajstić information content (AvgIpc) is 2.43. The smallest absolute Gasteiger partial charge is 0.243 e. The third-order valence-electron chi connectivity index (χ3n) is 2.73. The van der Waals surface area contributed by atoms with Crippen LogP contribution in [0.5, 0.6) is 0 Å². The summed E-state index contributed by atoms with van der Waals surface area (Å²) in [6.45, 7) is 2.17. The number of carbonyl (C=O) groups excluding carboxylic acids is 1. The maximum absolute atomic E-state index is 11.8. The Morgan fingerprint density at radius 1 is 1.10 bits per heavy atom. The van der Waals surface area contributed by atoms with Gasteiger partial charge < -0.3 is 10.6 Å². The monoisotopic (exact) mass is 308 g/mol. The van der Waals surface area contributed by atoms with Crippen molar-refractivity contribution in [3.05, 3.63) is 58.1 Å². The first-order chi connectivity index (χ1) is 9.56. The molecule has 0 fully saturated rings. The molecular weight excluding hydrogens is 295 g/mol. The van der Waals surface area contributed by atoms with E-state index < -0.39 is 0 Å². The number of carbonyl (C=O) groups is 1. The van der Waals surface area contributed by atoms with Gasteiger partial charge in [0, 0.05) is 5.69 Å². The van der Waals surface area contributed by atoms with E-state index in [-0.39, 0.29) is 12.5 Å². The Morgan fingerprint density at radius 2 is 1.80 bits per heavy atom. The molecule has 104 valence electrons. The van der Waals surface area contributed by atoms with Crippen molar-refractivity contribution in [2.75, 3.05) is 17.2 Å². The van der Waals surface area contributed by atoms with Gasteiger partial charge in [0.25, 0.3) is 0 Å². The topological polar surface area (TPSA) is 41.1 Å². The second-order valence-corrected chi connectivity index (χ2v) is 5.15. The van der Waals surface area contributed by atoms with E-state index in [4.69, 9.17) is 23.2 Å². The first-order valence-electron chi connectivity index (χ1n) is 6.10. The molecule has 0 heterocycles. The maximum Gasteiger partial charge on any atom is 0.243 e. The Kier molecular flexibility index (Phi) is 4.88. The van der Waals surface area contributed by atoms with Crippen LogP contribution in [0.3, 0.4) is 0 Å². The van der Waals surface area contributed by atoms with Gasteiger partial charge in [-0.3, -0.25) is 4.79 Å². The largest absolute Gasteiger partial charge is 0.376 e. The number of hydrogen-bond acceptors (Lipinski definition) is 2. The molecule has 20 heavy (non-hydrogen) atoms. The first kappa shape index (κ1) is 14.7. The molecular formula is C15H14Cl2N2O. The summed E-state index contributed by atoms with van der Waals surface area (Å²) < 4.78 is 0. The number of rotatable bonds is 4. The number of nitrogens with one attached hydrogen (secondary N) is 2. The minimum atomic E-state index is -0.185. The van der Waals surface area contributed by atoms with Crippen molar-refractivity contribution in [3.8, 4) is 0 Å². The van der Waals surface area contributed by atoms with Gasteiger partial charge in [-0.15, -0.1) is 0 Å². The molecule has 1 amide bonds. The molecule has 2 aromatic rings. The summed E-state index contributed by atoms with van der Waals surface area (Å²) >= 11 is 11.9. The zero-order chi connectivity index (χ0) is 14.5. The lowest BCUT2D eigenvalue weighted by Crippen LogP contribution is -2.21. The van der Waals surface area contributed by atoms with Gasteiger partial charge >= 0.3 is 0 Å². The molecule has 0 bridgehead atoms. The molecule has 0 atom stereocenters. The van der Waals surface area contributed by atoms with Crippen LogP contribution in [0.1, 0.15) is 5.56 Å². The fraction of sp³-hybridized carbons (Fsp3) is 0.133. The van der Waals surface area contributed by atoms with Crippen molar-refractivity contribution >= 4 is 40.5 Å². The van der Waals surface area contributed by atoms with E-state index in [2.05, 4.69) is 10.6 Å². The summed E-state index contributed by atoms with van der Waals surface area (Å²) in [6, 6.07) is 12.9. The molecule has 2 aromatic carbocycles. The van der Waals surface area contributed by atoms with E-state index in [9.17, 15) is 4.79 Å². The predicted molar refractivity (Wildman–Crippen MR) is 84.8 cm³/mol. The molecule has 2 rings (SSSR count). The third kappa shape index (κ3) is 3.89. The van der Waals surface area contributed by atoms with Crippen LogP contribution in [-0.2, 0) is 4.79 Å². The Balaban J connectivity index is 1.92. The summed E-state index contributed by atoms with van der Waals surface area (Å²) in [6.07, 6.45) is 0. The van der Waals surface area contributed by atoms with Gasteiger partial charge in [-0.2, -0.15) is 0 Å². The van der Waals surface area contributed by atoms with Gasteiger partial charge in [0.15, 0.2) is 0 Å². The summed E-state index contributed by atoms with van der Waals surface area (Å²) in [7, 11) is 0. The minimum Gasteiger partial charge on any atom is -0.376 e. The van der Waals surface area contributed by atoms with Gasteiger partial charge in [0.05, 0.1) is 22.3 Å². The first-order valence-corrected chi connectivity index (χ1v) is 6.86. The van der Waals surface area contributed by atoms with Crippen LogP contribution in [0, 0.1) is 6.92 Å². The Labute approximate surface area is 127 Å². The Bertz CT molecular complexity index is 612. The van der Waals surface area contributed by atoms with Crippen molar-refractivity contribution in [2.24, 2.45) is 0 Å². The molecule has 5 heteroatoms. The van der Waals surface area contributed by atoms with Gasteiger partial charge in [0.2, 0.25) is 5.91 Å². The summed E-state index contributed by atoms with van der Waals surface area (Å²) in [5.74, 6) is -0.185. The quantitative estimate of drug-likeness (QED) is 0.881. The molecule has 0 saturated carbocycles. The maximum atomic E-state index is 11.8. The summed E-state index contributed by atoms with van der Waals surface area (Å²) in [5, 5.41) is 6.51. The fourth-order valence-corrected chi connectivity index (χ4v) is 2.00. The van der Waals surface area contributed by atoms with Crippen LogP contribution >= 0.6 is 23.2 Å². The van der Waals surface area contributed by atoms with Crippen LogP contribution in [0.25, 0.3) is 0 Å². The highest BCUT2D eigenvalue weighted by atomic mass is 35.5. The SMILES string of the molecule is Cc1ccc(NCC(=O)Nc2cccc(Cl)c2Cl)cc1. The van der Waals surface area contributed by atoms with Crippen LogP contribution in [0.4, 0.5) is 11.4 Å². The fourth-order valence-electron chi connectivity index (χ4n) is 1.65. The van der Waals surface area contributed by atoms with Crippen molar-refractivity contribution in [1.82, 2.24) is 0 Å². The lowest BCUT2D eigenvalue weighted by molar-refractivity contribution is -0.114. The van der Waals surface area contributed by atoms with Crippen LogP contribution in [-0.4, -0.2) is 12.5 Å². The number of hydrogen-bond donors (Lipinski definition) is 2. The lowest BCUT2D eigenvalue weighted by atomic mass is 10.2. The molecule has 0 aliphatic heterocycles. The number of halogens is 2. The second-order valence-electron chi connectivity index (χ2n) is 4.37. The van der Waals surface area contributed by atoms with Crippen molar-refractivity contribution in [2.45, 2.75) is 6.92 Å². The molecule has 0 radical (unpaired) electrons. The number of benzene rings is 2. The lowest BCUT2D eigenvalue weighted by Gasteiger charge is -2.10. The summed E-state index contributed by atoms with van der Waals surface area (Å²) in [4.78, 5) is 11.8. The molecule has 2 N–H and O–H groups in total. The zero-order valence-corrected chi connectivity index (χ0v) is 12.4. The van der Waals surface area contributed by atoms with Gasteiger partial charge in [-0.25, -0.2) is 0 Å². The van der Waals surface area contributed by atoms with E-state index in [1.54, 1.807) is 18.2 Å². The molecule has 3 nitrogen and oxygen atoms in total. The minimum absolute atomic E-state index is 0.159. The van der Waals surface area contributed by atoms with E-state index in [1.807, 2.05) is 31.2 Å². The second kappa shape index (κ2) is 6.64. The van der Waals surface area contributed by atoms with E-state index in [1.165, 1.54) is 5.56 Å². The predicted octanol–water partition coefficient (Wildman–Crippen LogP) is 4.35. The van der Waals surface area contributed by atoms with Crippen molar-refractivity contribution in [1.29, 1.82) is 0 Å². The third-order valence-corrected chi connectivity index (χ3v) is 3.55. The molecule has 0 aliphatic rings. The average molecular weight is 309 g/mol. The number of anilines is 2. The molecule has 0 aliphatic carbocycles. The summed E-state index contributed by atoms with van der Waals surface area (Å²) in [5.41, 5.74) is 2.57. The number of aryl methyl sites for hydroxylation is 1. The Hall–Kier alpha value is -1.71. The molecule has 0 spiro atoms. The van der Waals surface area contributed by atoms with E-state index in [0.29, 0.717) is 15.7 Å². The molecule has 0 aromatic heterocycles. The van der Waals surface area contributed by atoms with Gasteiger partial charge in [-0.1, -0.05) is 47.0 Å². The van der Waals surface area contributed by atoms with Crippen LogP contribution in [0.15, 0.2) is 42.5 Å². The zero-order valence-electron chi connectivity index (χ0n) is 10.9. The molecule has 0 unspecified atom stereocenters. The van der Waals surface area contributed by atoms with Gasteiger partial charge in [0.1, 0.15) is 0 Å². The normalized spacial score (nSPS) is 10.2. The van der Waals surface area contributed by atoms with E-state index in [0.717, 1.165) is 5.69 Å². The number of amides is 1. The van der Waals surface area contributed by atoms with Crippen LogP contribution in [0.2, 0.25) is 10.0 Å². The highest BCUT2D eigenvalue weighted by molar-refractivity contribution is 6.44. The standard InChI is InChI=1S/C15H14Cl2N2O/c1-10-5-7-11(8-6-10)18-9-14(20)19-13-4-2-3-12(16)15(13)17/h2-8,18H,9H2,1H3,(H,19,20). The van der Waals surface area contributed by atoms with Gasteiger partial charge in [-0.05, 0) is 31.2 Å². The van der Waals surface area contributed by atoms with E-state index >= 15 is 0 Å². The van der Waals surface area contributed by atoms with Crippen molar-refractivity contribution in [3.63, 3.8) is 0 Å².